The van der Waals surface area contributed by atoms with E-state index in [0.717, 1.165) is 18.9 Å². The van der Waals surface area contributed by atoms with Crippen LogP contribution in [0.3, 0.4) is 0 Å². The van der Waals surface area contributed by atoms with Gasteiger partial charge in [0.2, 0.25) is 0 Å². The number of aryl methyl sites for hydroxylation is 2. The molecule has 1 aliphatic heterocycles. The van der Waals surface area contributed by atoms with Gasteiger partial charge in [0.25, 0.3) is 0 Å². The molecule has 1 saturated heterocycles. The minimum atomic E-state index is 0.799. The van der Waals surface area contributed by atoms with Crippen molar-refractivity contribution in [3.8, 4) is 0 Å². The third kappa shape index (κ3) is 3.26. The summed E-state index contributed by atoms with van der Waals surface area (Å²) in [6.07, 6.45) is 3.82. The molecule has 2 heteroatoms. The topological polar surface area (TPSA) is 15.3 Å². The summed E-state index contributed by atoms with van der Waals surface area (Å²) in [5.74, 6) is 0.799. The summed E-state index contributed by atoms with van der Waals surface area (Å²) in [5, 5.41) is 3.70. The van der Waals surface area contributed by atoms with Crippen LogP contribution in [0.4, 0.5) is 5.69 Å². The number of para-hydroxylation sites is 1. The normalized spacial score (nSPS) is 20.9. The minimum Gasteiger partial charge on any atom is -0.384 e. The number of benzene rings is 1. The van der Waals surface area contributed by atoms with Crippen LogP contribution in [0.2, 0.25) is 0 Å². The van der Waals surface area contributed by atoms with Gasteiger partial charge in [-0.1, -0.05) is 25.1 Å². The smallest absolute Gasteiger partial charge is 0.0402 e. The highest BCUT2D eigenvalue weighted by molar-refractivity contribution is 5.57. The maximum atomic E-state index is 3.70. The van der Waals surface area contributed by atoms with Gasteiger partial charge in [-0.15, -0.1) is 0 Å². The van der Waals surface area contributed by atoms with E-state index in [2.05, 4.69) is 49.3 Å². The van der Waals surface area contributed by atoms with Crippen molar-refractivity contribution < 1.29 is 0 Å². The Bertz CT molecular complexity index is 387. The Kier molecular flexibility index (Phi) is 4.65. The molecule has 0 radical (unpaired) electrons. The molecule has 0 amide bonds. The average Bonchev–Trinajstić information content (AvgIpc) is 2.37. The van der Waals surface area contributed by atoms with Crippen LogP contribution >= 0.6 is 0 Å². The number of piperidine rings is 1. The van der Waals surface area contributed by atoms with Crippen LogP contribution in [0.15, 0.2) is 18.2 Å². The molecule has 2 nitrogen and oxygen atoms in total. The van der Waals surface area contributed by atoms with Gasteiger partial charge in [0.1, 0.15) is 0 Å². The number of anilines is 1. The molecule has 1 aromatic rings. The second-order valence-electron chi connectivity index (χ2n) is 5.61. The molecule has 100 valence electrons. The van der Waals surface area contributed by atoms with Crippen molar-refractivity contribution >= 4 is 5.69 Å². The Hall–Kier alpha value is -1.02. The SMILES string of the molecule is CCc1cccc(C)c1NCC1CCCN(C)C1. The maximum absolute atomic E-state index is 3.70. The molecule has 1 heterocycles. The van der Waals surface area contributed by atoms with Gasteiger partial charge in [0.15, 0.2) is 0 Å². The van der Waals surface area contributed by atoms with Gasteiger partial charge in [-0.05, 0) is 56.8 Å². The fraction of sp³-hybridized carbons (Fsp3) is 0.625. The van der Waals surface area contributed by atoms with E-state index < -0.39 is 0 Å². The first kappa shape index (κ1) is 13.4. The Balaban J connectivity index is 1.97. The van der Waals surface area contributed by atoms with Crippen molar-refractivity contribution in [2.45, 2.75) is 33.1 Å². The number of likely N-dealkylation sites (tertiary alicyclic amines) is 1. The molecule has 0 bridgehead atoms. The standard InChI is InChI=1S/C16H26N2/c1-4-15-9-5-7-13(2)16(15)17-11-14-8-6-10-18(3)12-14/h5,7,9,14,17H,4,6,8,10-12H2,1-3H3. The van der Waals surface area contributed by atoms with E-state index in [-0.39, 0.29) is 0 Å². The zero-order chi connectivity index (χ0) is 13.0. The molecular weight excluding hydrogens is 220 g/mol. The summed E-state index contributed by atoms with van der Waals surface area (Å²) in [5.41, 5.74) is 4.19. The lowest BCUT2D eigenvalue weighted by Gasteiger charge is -2.30. The second kappa shape index (κ2) is 6.24. The van der Waals surface area contributed by atoms with E-state index in [4.69, 9.17) is 0 Å². The fourth-order valence-corrected chi connectivity index (χ4v) is 2.96. The fourth-order valence-electron chi connectivity index (χ4n) is 2.96. The van der Waals surface area contributed by atoms with Crippen LogP contribution in [0.5, 0.6) is 0 Å². The first-order chi connectivity index (χ1) is 8.70. The molecule has 0 saturated carbocycles. The summed E-state index contributed by atoms with van der Waals surface area (Å²) in [7, 11) is 2.23. The quantitative estimate of drug-likeness (QED) is 0.877. The summed E-state index contributed by atoms with van der Waals surface area (Å²) < 4.78 is 0. The van der Waals surface area contributed by atoms with E-state index >= 15 is 0 Å². The Morgan fingerprint density at radius 1 is 1.39 bits per heavy atom. The van der Waals surface area contributed by atoms with Gasteiger partial charge in [0, 0.05) is 18.8 Å². The Morgan fingerprint density at radius 3 is 2.94 bits per heavy atom. The number of nitrogens with one attached hydrogen (secondary N) is 1. The molecule has 1 fully saturated rings. The Labute approximate surface area is 111 Å². The van der Waals surface area contributed by atoms with Crippen molar-refractivity contribution in [3.05, 3.63) is 29.3 Å². The monoisotopic (exact) mass is 246 g/mol. The second-order valence-corrected chi connectivity index (χ2v) is 5.61. The van der Waals surface area contributed by atoms with Crippen LogP contribution in [0.25, 0.3) is 0 Å². The number of nitrogens with zero attached hydrogens (tertiary/aromatic N) is 1. The number of rotatable bonds is 4. The van der Waals surface area contributed by atoms with Crippen LogP contribution in [-0.4, -0.2) is 31.6 Å². The van der Waals surface area contributed by atoms with Gasteiger partial charge < -0.3 is 10.2 Å². The van der Waals surface area contributed by atoms with Crippen molar-refractivity contribution in [3.63, 3.8) is 0 Å². The summed E-state index contributed by atoms with van der Waals surface area (Å²) in [4.78, 5) is 2.45. The van der Waals surface area contributed by atoms with Gasteiger partial charge >= 0.3 is 0 Å². The van der Waals surface area contributed by atoms with Crippen LogP contribution in [-0.2, 0) is 6.42 Å². The molecule has 2 rings (SSSR count). The minimum absolute atomic E-state index is 0.799. The number of hydrogen-bond donors (Lipinski definition) is 1. The summed E-state index contributed by atoms with van der Waals surface area (Å²) >= 11 is 0. The van der Waals surface area contributed by atoms with Crippen LogP contribution in [0, 0.1) is 12.8 Å². The van der Waals surface area contributed by atoms with E-state index in [0.29, 0.717) is 0 Å². The van der Waals surface area contributed by atoms with Crippen molar-refractivity contribution in [2.75, 3.05) is 32.0 Å². The first-order valence-corrected chi connectivity index (χ1v) is 7.21. The lowest BCUT2D eigenvalue weighted by Crippen LogP contribution is -2.35. The first-order valence-electron chi connectivity index (χ1n) is 7.21. The largest absolute Gasteiger partial charge is 0.384 e. The van der Waals surface area contributed by atoms with Crippen molar-refractivity contribution in [1.29, 1.82) is 0 Å². The van der Waals surface area contributed by atoms with Gasteiger partial charge in [-0.3, -0.25) is 0 Å². The molecule has 1 N–H and O–H groups in total. The number of hydrogen-bond acceptors (Lipinski definition) is 2. The Morgan fingerprint density at radius 2 is 2.22 bits per heavy atom. The van der Waals surface area contributed by atoms with E-state index in [1.54, 1.807) is 0 Å². The molecule has 1 aliphatic rings. The zero-order valence-corrected chi connectivity index (χ0v) is 12.0. The molecule has 0 aliphatic carbocycles. The van der Waals surface area contributed by atoms with Gasteiger partial charge in [-0.25, -0.2) is 0 Å². The van der Waals surface area contributed by atoms with E-state index in [1.165, 1.54) is 42.7 Å². The predicted octanol–water partition coefficient (Wildman–Crippen LogP) is 3.31. The molecule has 1 atom stereocenters. The average molecular weight is 246 g/mol. The summed E-state index contributed by atoms with van der Waals surface area (Å²) in [6, 6.07) is 6.60. The van der Waals surface area contributed by atoms with Crippen LogP contribution < -0.4 is 5.32 Å². The highest BCUT2D eigenvalue weighted by Gasteiger charge is 2.17. The van der Waals surface area contributed by atoms with Crippen molar-refractivity contribution in [2.24, 2.45) is 5.92 Å². The molecular formula is C16H26N2. The third-order valence-electron chi connectivity index (χ3n) is 4.03. The predicted molar refractivity (Wildman–Crippen MR) is 79.3 cm³/mol. The zero-order valence-electron chi connectivity index (χ0n) is 12.0. The maximum Gasteiger partial charge on any atom is 0.0402 e. The molecule has 0 spiro atoms. The molecule has 18 heavy (non-hydrogen) atoms. The van der Waals surface area contributed by atoms with Crippen LogP contribution in [0.1, 0.15) is 30.9 Å². The molecule has 1 unspecified atom stereocenters. The highest BCUT2D eigenvalue weighted by Crippen LogP contribution is 2.23. The van der Waals surface area contributed by atoms with E-state index in [9.17, 15) is 0 Å². The third-order valence-corrected chi connectivity index (χ3v) is 4.03. The van der Waals surface area contributed by atoms with E-state index in [1.807, 2.05) is 0 Å². The lowest BCUT2D eigenvalue weighted by atomic mass is 9.97. The lowest BCUT2D eigenvalue weighted by molar-refractivity contribution is 0.217. The van der Waals surface area contributed by atoms with Gasteiger partial charge in [-0.2, -0.15) is 0 Å². The van der Waals surface area contributed by atoms with Gasteiger partial charge in [0.05, 0.1) is 0 Å². The highest BCUT2D eigenvalue weighted by atomic mass is 15.1. The molecule has 1 aromatic carbocycles. The molecule has 0 aromatic heterocycles. The summed E-state index contributed by atoms with van der Waals surface area (Å²) in [6.45, 7) is 8.05. The van der Waals surface area contributed by atoms with Crippen molar-refractivity contribution in [1.82, 2.24) is 4.90 Å².